The van der Waals surface area contributed by atoms with Crippen LogP contribution < -0.4 is 0 Å². The quantitative estimate of drug-likeness (QED) is 0.160. The molecule has 1 saturated heterocycles. The van der Waals surface area contributed by atoms with Crippen molar-refractivity contribution < 1.29 is 29.3 Å². The standard InChI is InChI=1S/C48H59NO6/c1-7-27-49(39(52)48-26-23-44(6,40(53)55-48)41(48,2)3)30-46(54)22-19-37-43(46,5)21-18-36-42(4)20-17-34(50)28-45(42)24-25-47(36,37)35(29-45)38(51)33-15-13-32(14-16-33)31-11-9-8-10-12-31/h8-16,24-25,29,34,36-37,50,54H,7,17-23,26-28,30H2,1-6H3/t34?,36-,37-,42-,43+,44+,45+,46-,47-,48-/m1/s1. The number of ether oxygens (including phenoxy) is 1. The molecule has 2 aromatic carbocycles. The summed E-state index contributed by atoms with van der Waals surface area (Å²) in [6.45, 7) is 13.2. The van der Waals surface area contributed by atoms with E-state index in [0.717, 1.165) is 55.2 Å². The molecule has 2 spiro atoms. The number of carbonyl (C=O) groups is 3. The van der Waals surface area contributed by atoms with E-state index in [-0.39, 0.29) is 41.5 Å². The second-order valence-electron chi connectivity index (χ2n) is 20.0. The summed E-state index contributed by atoms with van der Waals surface area (Å²) in [7, 11) is 0. The van der Waals surface area contributed by atoms with Crippen molar-refractivity contribution in [2.75, 3.05) is 13.1 Å². The Labute approximate surface area is 326 Å². The largest absolute Gasteiger partial charge is 0.448 e. The molecule has 8 aliphatic rings. The first kappa shape index (κ1) is 37.1. The van der Waals surface area contributed by atoms with Crippen LogP contribution in [0.25, 0.3) is 11.1 Å². The molecular weight excluding hydrogens is 687 g/mol. The van der Waals surface area contributed by atoms with Gasteiger partial charge in [-0.3, -0.25) is 14.4 Å². The maximum Gasteiger partial charge on any atom is 0.313 e. The third-order valence-corrected chi connectivity index (χ3v) is 17.9. The van der Waals surface area contributed by atoms with E-state index in [9.17, 15) is 19.8 Å². The Morgan fingerprint density at radius 1 is 0.818 bits per heavy atom. The molecule has 0 radical (unpaired) electrons. The van der Waals surface area contributed by atoms with Gasteiger partial charge in [-0.25, -0.2) is 0 Å². The van der Waals surface area contributed by atoms with Gasteiger partial charge in [0, 0.05) is 39.3 Å². The maximum atomic E-state index is 15.2. The Morgan fingerprint density at radius 2 is 1.47 bits per heavy atom. The number of aliphatic hydroxyl groups excluding tert-OH is 1. The van der Waals surface area contributed by atoms with E-state index < -0.39 is 44.4 Å². The summed E-state index contributed by atoms with van der Waals surface area (Å²) in [6, 6.07) is 18.2. The normalized spacial score (nSPS) is 42.9. The van der Waals surface area contributed by atoms with Crippen molar-refractivity contribution in [1.82, 2.24) is 4.90 Å². The second-order valence-corrected chi connectivity index (χ2v) is 20.0. The highest BCUT2D eigenvalue weighted by Gasteiger charge is 2.78. The number of carbonyl (C=O) groups excluding carboxylic acids is 3. The van der Waals surface area contributed by atoms with Gasteiger partial charge in [0.05, 0.1) is 23.7 Å². The Kier molecular flexibility index (Phi) is 7.92. The molecule has 10 atom stereocenters. The highest BCUT2D eigenvalue weighted by atomic mass is 16.6. The van der Waals surface area contributed by atoms with E-state index in [2.05, 4.69) is 44.2 Å². The Morgan fingerprint density at radius 3 is 2.13 bits per heavy atom. The number of benzene rings is 2. The van der Waals surface area contributed by atoms with E-state index in [1.54, 1.807) is 0 Å². The number of hydrogen-bond acceptors (Lipinski definition) is 6. The second kappa shape index (κ2) is 11.8. The van der Waals surface area contributed by atoms with Crippen molar-refractivity contribution in [2.45, 2.75) is 123 Å². The molecule has 55 heavy (non-hydrogen) atoms. The molecule has 4 saturated carbocycles. The van der Waals surface area contributed by atoms with Crippen LogP contribution in [0.2, 0.25) is 0 Å². The predicted molar refractivity (Wildman–Crippen MR) is 212 cm³/mol. The molecule has 2 aromatic rings. The summed E-state index contributed by atoms with van der Waals surface area (Å²) in [5, 5.41) is 24.3. The third kappa shape index (κ3) is 4.43. The molecule has 7 nitrogen and oxygen atoms in total. The van der Waals surface area contributed by atoms with Crippen LogP contribution in [-0.4, -0.2) is 63.2 Å². The lowest BCUT2D eigenvalue weighted by Crippen LogP contribution is -2.68. The van der Waals surface area contributed by atoms with Crippen LogP contribution in [0.3, 0.4) is 0 Å². The topological polar surface area (TPSA) is 104 Å². The van der Waals surface area contributed by atoms with E-state index >= 15 is 4.79 Å². The minimum absolute atomic E-state index is 0.0339. The molecule has 0 aromatic heterocycles. The minimum atomic E-state index is -1.24. The van der Waals surface area contributed by atoms with Crippen LogP contribution in [-0.2, 0) is 14.3 Å². The zero-order chi connectivity index (χ0) is 39.0. The number of esters is 1. The van der Waals surface area contributed by atoms with Gasteiger partial charge in [0.15, 0.2) is 11.4 Å². The average Bonchev–Trinajstić information content (AvgIpc) is 3.62. The lowest BCUT2D eigenvalue weighted by atomic mass is 9.32. The van der Waals surface area contributed by atoms with Gasteiger partial charge in [0.25, 0.3) is 5.91 Å². The Balaban J connectivity index is 1.10. The monoisotopic (exact) mass is 745 g/mol. The molecule has 4 bridgehead atoms. The highest BCUT2D eigenvalue weighted by molar-refractivity contribution is 6.10. The lowest BCUT2D eigenvalue weighted by molar-refractivity contribution is -0.187. The number of rotatable bonds is 8. The lowest BCUT2D eigenvalue weighted by Gasteiger charge is -2.71. The van der Waals surface area contributed by atoms with Crippen molar-refractivity contribution in [3.63, 3.8) is 0 Å². The van der Waals surface area contributed by atoms with Crippen molar-refractivity contribution in [3.05, 3.63) is 84.0 Å². The Hall–Kier alpha value is -3.55. The number of fused-ring (bicyclic) bond motifs is 3. The maximum absolute atomic E-state index is 15.2. The van der Waals surface area contributed by atoms with Crippen molar-refractivity contribution >= 4 is 17.7 Å². The summed E-state index contributed by atoms with van der Waals surface area (Å²) in [5.41, 5.74) is -1.94. The first-order chi connectivity index (χ1) is 26.0. The fourth-order valence-electron chi connectivity index (χ4n) is 14.0. The SMILES string of the molecule is CCCN(C[C@]1(O)CC[C@H]2[C@]34C=C[C@@]5(C=C3C(=O)c3ccc(-c6ccccc6)cc3)CC(O)CC[C@]5(C)[C@H]4CC[C@@]21C)C(=O)[C@@]12CC[C@@](C)(C(=O)O1)C2(C)C. The smallest absolute Gasteiger partial charge is 0.313 e. The van der Waals surface area contributed by atoms with Gasteiger partial charge >= 0.3 is 5.97 Å². The molecule has 7 heteroatoms. The van der Waals surface area contributed by atoms with Gasteiger partial charge in [-0.1, -0.05) is 107 Å². The number of hydrogen-bond donors (Lipinski definition) is 2. The van der Waals surface area contributed by atoms with Crippen molar-refractivity contribution in [1.29, 1.82) is 0 Å². The molecule has 5 fully saturated rings. The number of nitrogens with zero attached hydrogens (tertiary/aromatic N) is 1. The number of Topliss-reactive ketones (excluding diaryl/α,β-unsaturated/α-hetero) is 1. The fourth-order valence-corrected chi connectivity index (χ4v) is 14.0. The number of amides is 1. The fraction of sp³-hybridized carbons (Fsp3) is 0.604. The predicted octanol–water partition coefficient (Wildman–Crippen LogP) is 8.49. The van der Waals surface area contributed by atoms with Crippen LogP contribution in [0.5, 0.6) is 0 Å². The van der Waals surface area contributed by atoms with E-state index in [1.165, 1.54) is 0 Å². The molecular formula is C48H59NO6. The summed E-state index contributed by atoms with van der Waals surface area (Å²) < 4.78 is 6.09. The molecule has 292 valence electrons. The first-order valence-corrected chi connectivity index (χ1v) is 21.0. The highest BCUT2D eigenvalue weighted by Crippen LogP contribution is 2.78. The molecule has 1 amide bonds. The van der Waals surface area contributed by atoms with Crippen LogP contribution in [0.1, 0.15) is 116 Å². The van der Waals surface area contributed by atoms with E-state index in [1.807, 2.05) is 75.1 Å². The Bertz CT molecular complexity index is 2020. The van der Waals surface area contributed by atoms with Gasteiger partial charge in [-0.15, -0.1) is 0 Å². The van der Waals surface area contributed by atoms with Crippen molar-refractivity contribution in [2.24, 2.45) is 44.3 Å². The first-order valence-electron chi connectivity index (χ1n) is 21.0. The molecule has 1 heterocycles. The summed E-state index contributed by atoms with van der Waals surface area (Å²) in [6.07, 6.45) is 13.5. The van der Waals surface area contributed by atoms with Crippen molar-refractivity contribution in [3.8, 4) is 11.1 Å². The van der Waals surface area contributed by atoms with Gasteiger partial charge in [-0.2, -0.15) is 0 Å². The van der Waals surface area contributed by atoms with Crippen LogP contribution >= 0.6 is 0 Å². The molecule has 10 rings (SSSR count). The van der Waals surface area contributed by atoms with Gasteiger partial charge in [-0.05, 0) is 99.5 Å². The van der Waals surface area contributed by atoms with Crippen LogP contribution in [0, 0.1) is 44.3 Å². The zero-order valence-corrected chi connectivity index (χ0v) is 33.6. The molecule has 2 N–H and O–H groups in total. The number of ketones is 1. The summed E-state index contributed by atoms with van der Waals surface area (Å²) >= 11 is 0. The zero-order valence-electron chi connectivity index (χ0n) is 33.6. The number of allylic oxidation sites excluding steroid dienone is 4. The van der Waals surface area contributed by atoms with Gasteiger partial charge < -0.3 is 19.8 Å². The van der Waals surface area contributed by atoms with Crippen LogP contribution in [0.15, 0.2) is 78.4 Å². The summed E-state index contributed by atoms with van der Waals surface area (Å²) in [5.74, 6) is -0.297. The van der Waals surface area contributed by atoms with E-state index in [0.29, 0.717) is 37.8 Å². The average molecular weight is 746 g/mol. The number of aliphatic hydroxyl groups is 2. The van der Waals surface area contributed by atoms with Crippen LogP contribution in [0.4, 0.5) is 0 Å². The third-order valence-electron chi connectivity index (χ3n) is 17.9. The molecule has 1 unspecified atom stereocenters. The van der Waals surface area contributed by atoms with Gasteiger partial charge in [0.1, 0.15) is 0 Å². The minimum Gasteiger partial charge on any atom is -0.448 e. The summed E-state index contributed by atoms with van der Waals surface area (Å²) in [4.78, 5) is 45.1. The van der Waals surface area contributed by atoms with E-state index in [4.69, 9.17) is 4.74 Å². The van der Waals surface area contributed by atoms with Gasteiger partial charge in [0.2, 0.25) is 0 Å². The molecule has 1 aliphatic heterocycles. The molecule has 7 aliphatic carbocycles.